The molecule has 76 valence electrons. The smallest absolute Gasteiger partial charge is 0.269 e. The molecular weight excluding hydrogens is 216 g/mol. The zero-order chi connectivity index (χ0) is 10.9. The van der Waals surface area contributed by atoms with Crippen molar-refractivity contribution in [2.45, 2.75) is 13.3 Å². The molecule has 0 aromatic carbocycles. The van der Waals surface area contributed by atoms with E-state index in [4.69, 9.17) is 11.6 Å². The summed E-state index contributed by atoms with van der Waals surface area (Å²) in [6.45, 7) is 1.47. The zero-order valence-corrected chi connectivity index (χ0v) is 7.86. The summed E-state index contributed by atoms with van der Waals surface area (Å²) in [6, 6.07) is 1.12. The van der Waals surface area contributed by atoms with Crippen molar-refractivity contribution in [2.75, 3.05) is 0 Å². The van der Waals surface area contributed by atoms with Crippen molar-refractivity contribution in [1.82, 2.24) is 4.98 Å². The van der Waals surface area contributed by atoms with Gasteiger partial charge in [-0.1, -0.05) is 0 Å². The third-order valence-corrected chi connectivity index (χ3v) is 1.84. The maximum atomic E-state index is 12.3. The minimum atomic E-state index is -3.02. The number of carbonyl (C=O) groups excluding carboxylic acids is 1. The van der Waals surface area contributed by atoms with Crippen LogP contribution < -0.4 is 5.56 Å². The Morgan fingerprint density at radius 1 is 1.57 bits per heavy atom. The average Bonchev–Trinajstić information content (AvgIpc) is 2.01. The van der Waals surface area contributed by atoms with Crippen molar-refractivity contribution in [3.63, 3.8) is 0 Å². The van der Waals surface area contributed by atoms with Crippen LogP contribution in [0, 0.1) is 6.92 Å². The SMILES string of the molecule is Cc1cc(C(=O)Cl)c(C(F)F)c(=O)[nH]1. The van der Waals surface area contributed by atoms with Crippen LogP contribution in [0.1, 0.15) is 28.0 Å². The van der Waals surface area contributed by atoms with Gasteiger partial charge >= 0.3 is 0 Å². The minimum Gasteiger partial charge on any atom is -0.326 e. The third kappa shape index (κ3) is 1.98. The number of pyridine rings is 1. The molecule has 0 saturated carbocycles. The molecule has 0 amide bonds. The normalized spacial score (nSPS) is 10.6. The Hall–Kier alpha value is -1.23. The van der Waals surface area contributed by atoms with E-state index in [0.717, 1.165) is 6.07 Å². The number of halogens is 3. The quantitative estimate of drug-likeness (QED) is 0.777. The lowest BCUT2D eigenvalue weighted by molar-refractivity contribution is 0.106. The summed E-state index contributed by atoms with van der Waals surface area (Å²) in [6.07, 6.45) is -3.02. The van der Waals surface area contributed by atoms with E-state index in [1.54, 1.807) is 0 Å². The number of H-pyrrole nitrogens is 1. The van der Waals surface area contributed by atoms with Gasteiger partial charge in [0.05, 0.1) is 11.1 Å². The van der Waals surface area contributed by atoms with Gasteiger partial charge in [0.1, 0.15) is 0 Å². The lowest BCUT2D eigenvalue weighted by Crippen LogP contribution is -2.18. The first kappa shape index (κ1) is 10.8. The van der Waals surface area contributed by atoms with Crippen LogP contribution in [0.25, 0.3) is 0 Å². The number of hydrogen-bond acceptors (Lipinski definition) is 2. The predicted molar refractivity (Wildman–Crippen MR) is 46.9 cm³/mol. The maximum absolute atomic E-state index is 12.3. The van der Waals surface area contributed by atoms with E-state index >= 15 is 0 Å². The van der Waals surface area contributed by atoms with Gasteiger partial charge in [0.15, 0.2) is 0 Å². The van der Waals surface area contributed by atoms with Crippen LogP contribution in [0.5, 0.6) is 0 Å². The largest absolute Gasteiger partial charge is 0.326 e. The number of aryl methyl sites for hydroxylation is 1. The lowest BCUT2D eigenvalue weighted by Gasteiger charge is -2.04. The second-order valence-corrected chi connectivity index (χ2v) is 3.03. The molecule has 1 aromatic heterocycles. The van der Waals surface area contributed by atoms with E-state index in [0.29, 0.717) is 5.69 Å². The molecule has 0 aliphatic rings. The van der Waals surface area contributed by atoms with Crippen molar-refractivity contribution >= 4 is 16.8 Å². The van der Waals surface area contributed by atoms with E-state index in [-0.39, 0.29) is 0 Å². The first-order chi connectivity index (χ1) is 6.43. The molecule has 14 heavy (non-hydrogen) atoms. The van der Waals surface area contributed by atoms with Gasteiger partial charge in [0.2, 0.25) is 0 Å². The number of aromatic nitrogens is 1. The van der Waals surface area contributed by atoms with E-state index in [1.807, 2.05) is 0 Å². The Kier molecular flexibility index (Phi) is 3.00. The number of carbonyl (C=O) groups is 1. The monoisotopic (exact) mass is 221 g/mol. The van der Waals surface area contributed by atoms with Crippen LogP contribution in [-0.4, -0.2) is 10.2 Å². The predicted octanol–water partition coefficient (Wildman–Crippen LogP) is 2.00. The first-order valence-electron chi connectivity index (χ1n) is 3.65. The van der Waals surface area contributed by atoms with E-state index in [1.165, 1.54) is 6.92 Å². The molecule has 1 aromatic rings. The molecule has 0 bridgehead atoms. The third-order valence-electron chi connectivity index (χ3n) is 1.64. The second-order valence-electron chi connectivity index (χ2n) is 2.68. The second kappa shape index (κ2) is 3.88. The van der Waals surface area contributed by atoms with Crippen LogP contribution in [-0.2, 0) is 0 Å². The highest BCUT2D eigenvalue weighted by atomic mass is 35.5. The maximum Gasteiger partial charge on any atom is 0.269 e. The molecule has 6 heteroatoms. The molecule has 0 unspecified atom stereocenters. The Morgan fingerprint density at radius 2 is 2.14 bits per heavy atom. The molecule has 0 atom stereocenters. The van der Waals surface area contributed by atoms with Crippen LogP contribution in [0.4, 0.5) is 8.78 Å². The summed E-state index contributed by atoms with van der Waals surface area (Å²) >= 11 is 5.07. The van der Waals surface area contributed by atoms with Gasteiger partial charge < -0.3 is 4.98 Å². The first-order valence-corrected chi connectivity index (χ1v) is 4.03. The molecule has 0 aliphatic heterocycles. The molecule has 0 saturated heterocycles. The summed E-state index contributed by atoms with van der Waals surface area (Å²) in [5.41, 5.74) is -1.99. The topological polar surface area (TPSA) is 49.9 Å². The summed E-state index contributed by atoms with van der Waals surface area (Å²) in [5.74, 6) is 0. The zero-order valence-electron chi connectivity index (χ0n) is 7.11. The van der Waals surface area contributed by atoms with E-state index in [2.05, 4.69) is 4.98 Å². The highest BCUT2D eigenvalue weighted by Crippen LogP contribution is 2.20. The van der Waals surface area contributed by atoms with Crippen molar-refractivity contribution < 1.29 is 13.6 Å². The van der Waals surface area contributed by atoms with E-state index in [9.17, 15) is 18.4 Å². The number of hydrogen-bond donors (Lipinski definition) is 1. The fourth-order valence-corrected chi connectivity index (χ4v) is 1.23. The molecule has 1 N–H and O–H groups in total. The number of aromatic amines is 1. The Balaban J connectivity index is 3.53. The van der Waals surface area contributed by atoms with Crippen molar-refractivity contribution in [2.24, 2.45) is 0 Å². The van der Waals surface area contributed by atoms with Gasteiger partial charge in [-0.15, -0.1) is 0 Å². The van der Waals surface area contributed by atoms with Crippen molar-refractivity contribution in [3.8, 4) is 0 Å². The van der Waals surface area contributed by atoms with Gasteiger partial charge in [0.25, 0.3) is 17.2 Å². The number of rotatable bonds is 2. The van der Waals surface area contributed by atoms with Gasteiger partial charge in [0, 0.05) is 5.69 Å². The molecule has 3 nitrogen and oxygen atoms in total. The Bertz CT molecular complexity index is 428. The lowest BCUT2D eigenvalue weighted by atomic mass is 10.1. The minimum absolute atomic E-state index is 0.309. The van der Waals surface area contributed by atoms with Crippen molar-refractivity contribution in [3.05, 3.63) is 33.2 Å². The highest BCUT2D eigenvalue weighted by Gasteiger charge is 2.21. The fraction of sp³-hybridized carbons (Fsp3) is 0.250. The fourth-order valence-electron chi connectivity index (χ4n) is 1.08. The summed E-state index contributed by atoms with van der Waals surface area (Å²) in [7, 11) is 0. The summed E-state index contributed by atoms with van der Waals surface area (Å²) in [5, 5.41) is -1.06. The number of nitrogens with one attached hydrogen (secondary N) is 1. The molecule has 1 heterocycles. The molecule has 0 spiro atoms. The van der Waals surface area contributed by atoms with Gasteiger partial charge in [-0.05, 0) is 24.6 Å². The summed E-state index contributed by atoms with van der Waals surface area (Å²) in [4.78, 5) is 24.0. The van der Waals surface area contributed by atoms with Crippen LogP contribution in [0.15, 0.2) is 10.9 Å². The van der Waals surface area contributed by atoms with Crippen molar-refractivity contribution in [1.29, 1.82) is 0 Å². The van der Waals surface area contributed by atoms with Gasteiger partial charge in [-0.25, -0.2) is 8.78 Å². The van der Waals surface area contributed by atoms with Crippen LogP contribution in [0.3, 0.4) is 0 Å². The average molecular weight is 222 g/mol. The summed E-state index contributed by atoms with van der Waals surface area (Å²) < 4.78 is 24.7. The number of alkyl halides is 2. The molecule has 1 rings (SSSR count). The Morgan fingerprint density at radius 3 is 2.57 bits per heavy atom. The molecular formula is C8H6ClF2NO2. The molecule has 0 radical (unpaired) electrons. The van der Waals surface area contributed by atoms with Gasteiger partial charge in [-0.2, -0.15) is 0 Å². The van der Waals surface area contributed by atoms with E-state index < -0.39 is 28.4 Å². The van der Waals surface area contributed by atoms with Crippen LogP contribution in [0.2, 0.25) is 0 Å². The Labute approximate surface area is 82.7 Å². The molecule has 0 fully saturated rings. The highest BCUT2D eigenvalue weighted by molar-refractivity contribution is 6.67. The van der Waals surface area contributed by atoms with Gasteiger partial charge in [-0.3, -0.25) is 9.59 Å². The molecule has 0 aliphatic carbocycles. The van der Waals surface area contributed by atoms with Crippen LogP contribution >= 0.6 is 11.6 Å². The standard InChI is InChI=1S/C8H6ClF2NO2/c1-3-2-4(6(9)13)5(7(10)11)8(14)12-3/h2,7H,1H3,(H,12,14).